The van der Waals surface area contributed by atoms with Crippen molar-refractivity contribution < 1.29 is 9.90 Å². The second kappa shape index (κ2) is 5.88. The van der Waals surface area contributed by atoms with E-state index >= 15 is 0 Å². The molecule has 4 heteroatoms. The van der Waals surface area contributed by atoms with Gasteiger partial charge in [0.05, 0.1) is 18.7 Å². The maximum absolute atomic E-state index is 11.5. The van der Waals surface area contributed by atoms with Crippen molar-refractivity contribution in [2.75, 3.05) is 19.7 Å². The highest BCUT2D eigenvalue weighted by molar-refractivity contribution is 5.78. The normalized spacial score (nSPS) is 18.7. The number of nitrogens with one attached hydrogen (secondary N) is 2. The van der Waals surface area contributed by atoms with Gasteiger partial charge in [0, 0.05) is 6.54 Å². The van der Waals surface area contributed by atoms with Crippen molar-refractivity contribution in [1.29, 1.82) is 0 Å². The molecule has 86 valence electrons. The summed E-state index contributed by atoms with van der Waals surface area (Å²) in [4.78, 5) is 11.5. The summed E-state index contributed by atoms with van der Waals surface area (Å²) in [6.45, 7) is 4.51. The molecule has 0 saturated heterocycles. The molecule has 1 amide bonds. The highest BCUT2D eigenvalue weighted by atomic mass is 16.3. The highest BCUT2D eigenvalue weighted by Gasteiger charge is 2.34. The number of aliphatic hydroxyl groups is 1. The van der Waals surface area contributed by atoms with Crippen molar-refractivity contribution in [1.82, 2.24) is 10.6 Å². The summed E-state index contributed by atoms with van der Waals surface area (Å²) in [5, 5.41) is 15.1. The van der Waals surface area contributed by atoms with E-state index in [1.807, 2.05) is 0 Å². The molecule has 0 bridgehead atoms. The van der Waals surface area contributed by atoms with E-state index in [0.29, 0.717) is 6.54 Å². The fourth-order valence-electron chi connectivity index (χ4n) is 2.00. The monoisotopic (exact) mass is 212 g/mol. The Labute approximate surface area is 90.7 Å². The van der Waals surface area contributed by atoms with Gasteiger partial charge in [-0.2, -0.15) is 0 Å². The van der Waals surface area contributed by atoms with E-state index < -0.39 is 0 Å². The van der Waals surface area contributed by atoms with Crippen LogP contribution in [0.2, 0.25) is 0 Å². The molecule has 3 N–H and O–H groups in total. The molecule has 4 nitrogen and oxygen atoms in total. The first-order chi connectivity index (χ1) is 7.22. The van der Waals surface area contributed by atoms with E-state index in [4.69, 9.17) is 0 Å². The van der Waals surface area contributed by atoms with Crippen molar-refractivity contribution in [3.63, 3.8) is 0 Å². The molecule has 0 spiro atoms. The van der Waals surface area contributed by atoms with Crippen molar-refractivity contribution in [2.45, 2.75) is 31.2 Å². The Morgan fingerprint density at radius 1 is 1.47 bits per heavy atom. The topological polar surface area (TPSA) is 61.4 Å². The van der Waals surface area contributed by atoms with Crippen LogP contribution in [0.4, 0.5) is 0 Å². The first-order valence-electron chi connectivity index (χ1n) is 5.46. The zero-order chi connectivity index (χ0) is 11.1. The van der Waals surface area contributed by atoms with Crippen LogP contribution >= 0.6 is 0 Å². The molecule has 0 aliphatic heterocycles. The summed E-state index contributed by atoms with van der Waals surface area (Å²) >= 11 is 0. The molecule has 0 radical (unpaired) electrons. The van der Waals surface area contributed by atoms with Gasteiger partial charge in [0.15, 0.2) is 0 Å². The molecule has 0 unspecified atom stereocenters. The predicted octanol–water partition coefficient (Wildman–Crippen LogP) is 0.183. The van der Waals surface area contributed by atoms with Gasteiger partial charge in [-0.25, -0.2) is 0 Å². The number of amides is 1. The molecular weight excluding hydrogens is 192 g/mol. The van der Waals surface area contributed by atoms with Gasteiger partial charge >= 0.3 is 0 Å². The van der Waals surface area contributed by atoms with E-state index in [1.165, 1.54) is 0 Å². The Morgan fingerprint density at radius 3 is 2.67 bits per heavy atom. The SMILES string of the molecule is C=CCNCC(=O)NC1(CO)CCCC1. The minimum atomic E-state index is -0.354. The van der Waals surface area contributed by atoms with Crippen LogP contribution in [0.15, 0.2) is 12.7 Å². The van der Waals surface area contributed by atoms with Gasteiger partial charge in [0.1, 0.15) is 0 Å². The molecule has 0 heterocycles. The Kier molecular flexibility index (Phi) is 4.78. The summed E-state index contributed by atoms with van der Waals surface area (Å²) in [6.07, 6.45) is 5.65. The van der Waals surface area contributed by atoms with Crippen molar-refractivity contribution in [2.24, 2.45) is 0 Å². The number of aliphatic hydroxyl groups excluding tert-OH is 1. The van der Waals surface area contributed by atoms with Crippen LogP contribution in [0.5, 0.6) is 0 Å². The number of hydrogen-bond acceptors (Lipinski definition) is 3. The van der Waals surface area contributed by atoms with Gasteiger partial charge in [-0.1, -0.05) is 18.9 Å². The second-order valence-electron chi connectivity index (χ2n) is 4.11. The van der Waals surface area contributed by atoms with Crippen molar-refractivity contribution >= 4 is 5.91 Å². The van der Waals surface area contributed by atoms with Crippen LogP contribution in [0, 0.1) is 0 Å². The average Bonchev–Trinajstić information content (AvgIpc) is 2.67. The Bertz CT molecular complexity index is 223. The second-order valence-corrected chi connectivity index (χ2v) is 4.11. The quantitative estimate of drug-likeness (QED) is 0.435. The summed E-state index contributed by atoms with van der Waals surface area (Å²) in [5.41, 5.74) is -0.354. The van der Waals surface area contributed by atoms with Gasteiger partial charge < -0.3 is 15.7 Å². The number of rotatable bonds is 6. The molecule has 1 aliphatic rings. The van der Waals surface area contributed by atoms with Crippen LogP contribution in [-0.2, 0) is 4.79 Å². The molecule has 0 aromatic heterocycles. The zero-order valence-corrected chi connectivity index (χ0v) is 9.09. The van der Waals surface area contributed by atoms with Gasteiger partial charge in [0.25, 0.3) is 0 Å². The number of hydrogen-bond donors (Lipinski definition) is 3. The Hall–Kier alpha value is -0.870. The van der Waals surface area contributed by atoms with E-state index in [9.17, 15) is 9.90 Å². The van der Waals surface area contributed by atoms with Gasteiger partial charge in [0.2, 0.25) is 5.91 Å². The maximum atomic E-state index is 11.5. The lowest BCUT2D eigenvalue weighted by Crippen LogP contribution is -2.51. The smallest absolute Gasteiger partial charge is 0.234 e. The summed E-state index contributed by atoms with van der Waals surface area (Å²) in [5.74, 6) is -0.0483. The third-order valence-corrected chi connectivity index (χ3v) is 2.84. The lowest BCUT2D eigenvalue weighted by atomic mass is 9.99. The predicted molar refractivity (Wildman–Crippen MR) is 59.5 cm³/mol. The van der Waals surface area contributed by atoms with E-state index in [0.717, 1.165) is 25.7 Å². The maximum Gasteiger partial charge on any atom is 0.234 e. The Balaban J connectivity index is 2.31. The van der Waals surface area contributed by atoms with Crippen LogP contribution in [0.3, 0.4) is 0 Å². The fraction of sp³-hybridized carbons (Fsp3) is 0.727. The molecule has 0 atom stereocenters. The van der Waals surface area contributed by atoms with Gasteiger partial charge in [-0.3, -0.25) is 4.79 Å². The van der Waals surface area contributed by atoms with Crippen molar-refractivity contribution in [3.8, 4) is 0 Å². The first-order valence-corrected chi connectivity index (χ1v) is 5.46. The van der Waals surface area contributed by atoms with Crippen LogP contribution in [0.1, 0.15) is 25.7 Å². The summed E-state index contributed by atoms with van der Waals surface area (Å²) in [6, 6.07) is 0. The third-order valence-electron chi connectivity index (χ3n) is 2.84. The Morgan fingerprint density at radius 2 is 2.13 bits per heavy atom. The summed E-state index contributed by atoms with van der Waals surface area (Å²) in [7, 11) is 0. The minimum absolute atomic E-state index is 0.0419. The highest BCUT2D eigenvalue weighted by Crippen LogP contribution is 2.28. The number of carbonyl (C=O) groups excluding carboxylic acids is 1. The van der Waals surface area contributed by atoms with Gasteiger partial charge in [-0.05, 0) is 12.8 Å². The molecule has 1 aliphatic carbocycles. The fourth-order valence-corrected chi connectivity index (χ4v) is 2.00. The molecule has 0 aromatic rings. The van der Waals surface area contributed by atoms with E-state index in [2.05, 4.69) is 17.2 Å². The molecule has 1 rings (SSSR count). The summed E-state index contributed by atoms with van der Waals surface area (Å²) < 4.78 is 0. The van der Waals surface area contributed by atoms with Crippen molar-refractivity contribution in [3.05, 3.63) is 12.7 Å². The molecule has 1 saturated carbocycles. The lowest BCUT2D eigenvalue weighted by Gasteiger charge is -2.27. The lowest BCUT2D eigenvalue weighted by molar-refractivity contribution is -0.122. The zero-order valence-electron chi connectivity index (χ0n) is 9.09. The van der Waals surface area contributed by atoms with E-state index in [-0.39, 0.29) is 24.6 Å². The van der Waals surface area contributed by atoms with Crippen LogP contribution in [0.25, 0.3) is 0 Å². The van der Waals surface area contributed by atoms with Gasteiger partial charge in [-0.15, -0.1) is 6.58 Å². The average molecular weight is 212 g/mol. The molecule has 15 heavy (non-hydrogen) atoms. The standard InChI is InChI=1S/C11H20N2O2/c1-2-7-12-8-10(15)13-11(9-14)5-3-4-6-11/h2,12,14H,1,3-9H2,(H,13,15). The van der Waals surface area contributed by atoms with E-state index in [1.54, 1.807) is 6.08 Å². The molecule has 1 fully saturated rings. The number of carbonyl (C=O) groups is 1. The largest absolute Gasteiger partial charge is 0.394 e. The first kappa shape index (κ1) is 12.2. The molecular formula is C11H20N2O2. The third kappa shape index (κ3) is 3.64. The van der Waals surface area contributed by atoms with Crippen LogP contribution < -0.4 is 10.6 Å². The molecule has 0 aromatic carbocycles. The minimum Gasteiger partial charge on any atom is -0.394 e. The van der Waals surface area contributed by atoms with Crippen LogP contribution in [-0.4, -0.2) is 36.2 Å².